The van der Waals surface area contributed by atoms with Crippen LogP contribution < -0.4 is 34.3 Å². The van der Waals surface area contributed by atoms with Crippen molar-refractivity contribution in [3.05, 3.63) is 204 Å². The summed E-state index contributed by atoms with van der Waals surface area (Å²) < 4.78 is 113. The first kappa shape index (κ1) is 54.9. The standard InChI is InChI=1S/2C22H23N5O.C22H21N3O.C18H19N3O/c2*1-12(2)26-15(5)27(21-20(26)23-10-11-24-21)18-13(3)6-8-16-17-9-7-14(4)25-22(17)28-19(16)18;1-13-9-11-16-17-12-10-14(2)23-22(17)26-21(16)20(13)25-15(3)24(4)18-7-5-6-8-19(18)25;1-11-5-7-14-15-8-6-12(2)19-18(15)22-17(14)16(11)21-10-9-20(4)13(21)3/h2*6-12,15H,1-5H3;5-12,15H,1-4H3;5-10,13H,1-4H3/i1D3,12D;12D;2*4D3. The van der Waals surface area contributed by atoms with Crippen LogP contribution in [0.2, 0.25) is 0 Å². The van der Waals surface area contributed by atoms with E-state index in [0.29, 0.717) is 51.6 Å². The van der Waals surface area contributed by atoms with E-state index in [2.05, 4.69) is 87.8 Å². The van der Waals surface area contributed by atoms with Gasteiger partial charge in [-0.05, 0) is 194 Å². The van der Waals surface area contributed by atoms with Gasteiger partial charge in [-0.2, -0.15) is 0 Å². The fourth-order valence-corrected chi connectivity index (χ4v) is 15.2. The summed E-state index contributed by atoms with van der Waals surface area (Å²) in [7, 11) is 0. The van der Waals surface area contributed by atoms with Crippen molar-refractivity contribution in [2.45, 2.75) is 147 Å². The zero-order valence-electron chi connectivity index (χ0n) is 71.6. The van der Waals surface area contributed by atoms with Crippen LogP contribution in [-0.2, 0) is 0 Å². The molecular weight excluding hydrogens is 1300 g/mol. The third-order valence-electron chi connectivity index (χ3n) is 20.2. The molecule has 5 aromatic carbocycles. The van der Waals surface area contributed by atoms with E-state index >= 15 is 0 Å². The van der Waals surface area contributed by atoms with Gasteiger partial charge in [0.25, 0.3) is 0 Å². The molecule has 104 heavy (non-hydrogen) atoms. The summed E-state index contributed by atoms with van der Waals surface area (Å²) >= 11 is 0. The Morgan fingerprint density at radius 2 is 0.721 bits per heavy atom. The van der Waals surface area contributed by atoms with Crippen LogP contribution in [0, 0.1) is 55.4 Å². The minimum atomic E-state index is -2.56. The first-order valence-corrected chi connectivity index (χ1v) is 34.7. The Labute approximate surface area is 619 Å². The van der Waals surface area contributed by atoms with E-state index in [1.807, 2.05) is 195 Å². The smallest absolute Gasteiger partial charge is 0.227 e. The third kappa shape index (κ3) is 10.8. The zero-order valence-corrected chi connectivity index (χ0v) is 60.6. The summed E-state index contributed by atoms with van der Waals surface area (Å²) in [5.41, 5.74) is 17.9. The van der Waals surface area contributed by atoms with Crippen LogP contribution in [0.5, 0.6) is 0 Å². The van der Waals surface area contributed by atoms with Gasteiger partial charge in [-0.3, -0.25) is 9.80 Å². The monoisotopic (exact) mass is 1390 g/mol. The summed E-state index contributed by atoms with van der Waals surface area (Å²) in [5, 5.41) is 7.72. The second kappa shape index (κ2) is 25.6. The Hall–Kier alpha value is -11.8. The van der Waals surface area contributed by atoms with Crippen molar-refractivity contribution < 1.29 is 32.7 Å². The van der Waals surface area contributed by atoms with Crippen molar-refractivity contribution in [1.29, 1.82) is 0 Å². The molecule has 526 valence electrons. The minimum absolute atomic E-state index is 0.146. The average Bonchev–Trinajstić information content (AvgIpc) is 1.58. The van der Waals surface area contributed by atoms with Crippen molar-refractivity contribution >= 4 is 146 Å². The van der Waals surface area contributed by atoms with E-state index in [0.717, 1.165) is 139 Å². The predicted octanol–water partition coefficient (Wildman–Crippen LogP) is 19.9. The van der Waals surface area contributed by atoms with E-state index < -0.39 is 45.2 Å². The fourth-order valence-electron chi connectivity index (χ4n) is 15.2. The van der Waals surface area contributed by atoms with Gasteiger partial charge >= 0.3 is 0 Å². The van der Waals surface area contributed by atoms with Gasteiger partial charge in [0.15, 0.2) is 45.6 Å². The maximum absolute atomic E-state index is 8.75. The number of pyridine rings is 4. The van der Waals surface area contributed by atoms with Gasteiger partial charge in [-0.1, -0.05) is 60.7 Å². The lowest BCUT2D eigenvalue weighted by Gasteiger charge is -2.32. The molecule has 20 nitrogen and oxygen atoms in total. The molecule has 10 aromatic heterocycles. The normalized spacial score (nSPS) is 19.5. The lowest BCUT2D eigenvalue weighted by Crippen LogP contribution is -2.42. The topological polar surface area (TPSA) is 182 Å². The molecule has 5 atom stereocenters. The number of hydrogen-bond donors (Lipinski definition) is 0. The van der Waals surface area contributed by atoms with Crippen molar-refractivity contribution in [3.8, 4) is 0 Å². The van der Waals surface area contributed by atoms with Crippen LogP contribution in [0.1, 0.15) is 115 Å². The Bertz CT molecular complexity index is 6230. The lowest BCUT2D eigenvalue weighted by molar-refractivity contribution is 0.383. The van der Waals surface area contributed by atoms with Crippen LogP contribution in [0.25, 0.3) is 88.3 Å². The summed E-state index contributed by atoms with van der Waals surface area (Å²) in [6.07, 6.45) is 8.44. The lowest BCUT2D eigenvalue weighted by atomic mass is 10.1. The summed E-state index contributed by atoms with van der Waals surface area (Å²) in [5.74, 6) is 2.29. The molecule has 0 saturated carbocycles. The summed E-state index contributed by atoms with van der Waals surface area (Å²) in [4.78, 5) is 50.7. The first-order chi connectivity index (χ1) is 54.3. The first-order valence-electron chi connectivity index (χ1n) is 40.2. The van der Waals surface area contributed by atoms with Crippen LogP contribution in [-0.4, -0.2) is 95.4 Å². The summed E-state index contributed by atoms with van der Waals surface area (Å²) in [6.45, 7) is 21.6. The molecule has 4 aliphatic rings. The minimum Gasteiger partial charge on any atom is -0.435 e. The molecule has 0 fully saturated rings. The second-order valence-electron chi connectivity index (χ2n) is 27.3. The van der Waals surface area contributed by atoms with Crippen molar-refractivity contribution in [3.63, 3.8) is 0 Å². The Morgan fingerprint density at radius 3 is 1.10 bits per heavy atom. The van der Waals surface area contributed by atoms with Gasteiger partial charge < -0.3 is 47.1 Å². The van der Waals surface area contributed by atoms with Gasteiger partial charge in [-0.15, -0.1) is 0 Å². The Morgan fingerprint density at radius 1 is 0.365 bits per heavy atom. The van der Waals surface area contributed by atoms with Crippen molar-refractivity contribution in [2.24, 2.45) is 0 Å². The highest BCUT2D eigenvalue weighted by Crippen LogP contribution is 2.51. The Balaban J connectivity index is 0.000000116. The van der Waals surface area contributed by atoms with Gasteiger partial charge in [0.2, 0.25) is 22.9 Å². The SMILES string of the molecule is [2H]C(C)(C)N1c2nccnc2N(c2c(C)ccc3c2oc2nc(C)ccc23)C1C.[2H]C([2H])([2H])C([2H])(C)N1c2nccnc2N(c2c(C)ccc3c2oc2nc(C)ccc23)C1C.[2H]C([2H])([2H])N1C=CN(c2c(C)ccc3c2oc2nc(C)ccc23)C1C.[2H]C([2H])([2H])N1c2ccccc2N(c2c(C)ccc3c2oc2nc(C)ccc23)C1C. The highest BCUT2D eigenvalue weighted by atomic mass is 16.4. The number of aryl methyl sites for hydroxylation is 8. The molecule has 0 amide bonds. The zero-order chi connectivity index (χ0) is 81.9. The molecule has 0 N–H and O–H groups in total. The quantitative estimate of drug-likeness (QED) is 0.153. The molecule has 0 spiro atoms. The molecule has 19 rings (SSSR count). The number of hydrogen-bond acceptors (Lipinski definition) is 20. The van der Waals surface area contributed by atoms with Crippen LogP contribution in [0.4, 0.5) is 57.4 Å². The number of nitrogens with zero attached hydrogens (tertiary/aromatic N) is 16. The highest BCUT2D eigenvalue weighted by molar-refractivity contribution is 6.13. The maximum Gasteiger partial charge on any atom is 0.227 e. The van der Waals surface area contributed by atoms with E-state index in [9.17, 15) is 0 Å². The molecule has 15 aromatic rings. The van der Waals surface area contributed by atoms with Crippen LogP contribution in [0.15, 0.2) is 176 Å². The molecule has 0 aliphatic carbocycles. The second-order valence-corrected chi connectivity index (χ2v) is 27.3. The molecule has 5 unspecified atom stereocenters. The number of benzene rings is 5. The van der Waals surface area contributed by atoms with Crippen molar-refractivity contribution in [2.75, 3.05) is 48.3 Å². The third-order valence-corrected chi connectivity index (χ3v) is 20.2. The van der Waals surface area contributed by atoms with Crippen molar-refractivity contribution in [1.82, 2.24) is 44.8 Å². The van der Waals surface area contributed by atoms with E-state index in [1.165, 1.54) is 27.8 Å². The van der Waals surface area contributed by atoms with Gasteiger partial charge in [-0.25, -0.2) is 39.9 Å². The number of rotatable bonds is 6. The van der Waals surface area contributed by atoms with Gasteiger partial charge in [0.1, 0.15) is 24.7 Å². The number of anilines is 10. The van der Waals surface area contributed by atoms with E-state index in [-0.39, 0.29) is 12.3 Å². The molecular formula is C84H86N16O4. The van der Waals surface area contributed by atoms with E-state index in [4.69, 9.17) is 32.7 Å². The molecule has 0 saturated heterocycles. The number of furan rings is 4. The predicted molar refractivity (Wildman–Crippen MR) is 422 cm³/mol. The fraction of sp³-hybridized carbons (Fsp3) is 0.286. The van der Waals surface area contributed by atoms with Gasteiger partial charge in [0.05, 0.1) is 36.9 Å². The maximum atomic E-state index is 8.75. The largest absolute Gasteiger partial charge is 0.435 e. The summed E-state index contributed by atoms with van der Waals surface area (Å²) in [6, 6.07) is 37.2. The molecule has 0 bridgehead atoms. The molecule has 14 heterocycles. The van der Waals surface area contributed by atoms with Gasteiger partial charge in [0, 0.05) is 141 Å². The van der Waals surface area contributed by atoms with Crippen LogP contribution in [0.3, 0.4) is 0 Å². The molecule has 4 aliphatic heterocycles. The van der Waals surface area contributed by atoms with E-state index in [1.54, 1.807) is 31.0 Å². The van der Waals surface area contributed by atoms with Crippen LogP contribution >= 0.6 is 0 Å². The number of fused-ring (bicyclic) bond motifs is 15. The Kier molecular flexibility index (Phi) is 13.5. The number of para-hydroxylation sites is 2. The highest BCUT2D eigenvalue weighted by Gasteiger charge is 2.42. The molecule has 20 heteroatoms. The average molecular weight is 1390 g/mol. The number of aromatic nitrogens is 8. The molecule has 0 radical (unpaired) electrons.